The topological polar surface area (TPSA) is 70.8 Å². The van der Waals surface area contributed by atoms with Crippen LogP contribution in [0.15, 0.2) is 22.8 Å². The van der Waals surface area contributed by atoms with Crippen molar-refractivity contribution in [1.29, 1.82) is 0 Å². The zero-order valence-corrected chi connectivity index (χ0v) is 11.0. The molecule has 9 heteroatoms. The van der Waals surface area contributed by atoms with Gasteiger partial charge in [0.05, 0.1) is 24.3 Å². The third-order valence-electron chi connectivity index (χ3n) is 2.10. The minimum Gasteiger partial charge on any atom is -0.481 e. The Kier molecular flexibility index (Phi) is 5.93. The maximum absolute atomic E-state index is 12.4. The van der Waals surface area contributed by atoms with E-state index < -0.39 is 24.6 Å². The van der Waals surface area contributed by atoms with E-state index in [0.29, 0.717) is 4.90 Å². The molecule has 1 N–H and O–H groups in total. The van der Waals surface area contributed by atoms with Gasteiger partial charge in [0.2, 0.25) is 5.91 Å². The SMILES string of the molecule is O=C(O)CSCC(=O)N(Cc1ccco1)CC(F)(F)F. The highest BCUT2D eigenvalue weighted by atomic mass is 32.2. The number of aliphatic carboxylic acids is 1. The maximum atomic E-state index is 12.4. The fourth-order valence-electron chi connectivity index (χ4n) is 1.36. The van der Waals surface area contributed by atoms with E-state index in [1.54, 1.807) is 0 Å². The molecule has 0 aliphatic heterocycles. The van der Waals surface area contributed by atoms with Gasteiger partial charge in [-0.05, 0) is 12.1 Å². The molecular weight excluding hydrogens is 299 g/mol. The number of carbonyl (C=O) groups excluding carboxylic acids is 1. The number of carboxylic acid groups (broad SMARTS) is 1. The van der Waals surface area contributed by atoms with Gasteiger partial charge in [0.1, 0.15) is 12.3 Å². The first-order chi connectivity index (χ1) is 9.28. The van der Waals surface area contributed by atoms with Gasteiger partial charge in [0, 0.05) is 0 Å². The molecule has 0 radical (unpaired) electrons. The molecule has 1 aromatic rings. The van der Waals surface area contributed by atoms with E-state index in [-0.39, 0.29) is 23.8 Å². The summed E-state index contributed by atoms with van der Waals surface area (Å²) in [6.45, 7) is -1.71. The lowest BCUT2D eigenvalue weighted by atomic mass is 10.3. The average Bonchev–Trinajstić information content (AvgIpc) is 2.78. The van der Waals surface area contributed by atoms with Crippen molar-refractivity contribution in [2.75, 3.05) is 18.1 Å². The summed E-state index contributed by atoms with van der Waals surface area (Å²) in [5, 5.41) is 8.42. The summed E-state index contributed by atoms with van der Waals surface area (Å²) in [4.78, 5) is 22.6. The highest BCUT2D eigenvalue weighted by molar-refractivity contribution is 8.00. The number of furan rings is 1. The lowest BCUT2D eigenvalue weighted by Gasteiger charge is -2.22. The number of hydrogen-bond donors (Lipinski definition) is 1. The van der Waals surface area contributed by atoms with Crippen LogP contribution < -0.4 is 0 Å². The molecule has 0 saturated carbocycles. The van der Waals surface area contributed by atoms with Crippen LogP contribution in [0.2, 0.25) is 0 Å². The summed E-state index contributed by atoms with van der Waals surface area (Å²) in [7, 11) is 0. The van der Waals surface area contributed by atoms with Crippen LogP contribution in [-0.2, 0) is 16.1 Å². The molecule has 5 nitrogen and oxygen atoms in total. The fraction of sp³-hybridized carbons (Fsp3) is 0.455. The molecule has 0 bridgehead atoms. The molecule has 1 rings (SSSR count). The number of thioether (sulfide) groups is 1. The van der Waals surface area contributed by atoms with E-state index in [2.05, 4.69) is 0 Å². The number of carbonyl (C=O) groups is 2. The van der Waals surface area contributed by atoms with Crippen LogP contribution in [0.25, 0.3) is 0 Å². The molecular formula is C11H12F3NO4S. The highest BCUT2D eigenvalue weighted by Gasteiger charge is 2.33. The predicted octanol–water partition coefficient (Wildman–Crippen LogP) is 1.99. The quantitative estimate of drug-likeness (QED) is 0.834. The number of halogens is 3. The Balaban J connectivity index is 2.61. The normalized spacial score (nSPS) is 11.3. The van der Waals surface area contributed by atoms with Crippen molar-refractivity contribution in [2.24, 2.45) is 0 Å². The van der Waals surface area contributed by atoms with E-state index in [1.165, 1.54) is 18.4 Å². The van der Waals surface area contributed by atoms with Crippen LogP contribution in [0, 0.1) is 0 Å². The van der Waals surface area contributed by atoms with E-state index in [9.17, 15) is 22.8 Å². The molecule has 0 unspecified atom stereocenters. The van der Waals surface area contributed by atoms with Crippen LogP contribution >= 0.6 is 11.8 Å². The van der Waals surface area contributed by atoms with Gasteiger partial charge < -0.3 is 14.4 Å². The second-order valence-electron chi connectivity index (χ2n) is 3.83. The second-order valence-corrected chi connectivity index (χ2v) is 4.82. The van der Waals surface area contributed by atoms with Crippen molar-refractivity contribution in [2.45, 2.75) is 12.7 Å². The largest absolute Gasteiger partial charge is 0.481 e. The first kappa shape index (κ1) is 16.4. The Hall–Kier alpha value is -1.64. The van der Waals surface area contributed by atoms with Crippen molar-refractivity contribution >= 4 is 23.6 Å². The monoisotopic (exact) mass is 311 g/mol. The molecule has 0 atom stereocenters. The van der Waals surface area contributed by atoms with Gasteiger partial charge in [0.25, 0.3) is 0 Å². The Labute approximate surface area is 116 Å². The van der Waals surface area contributed by atoms with Crippen molar-refractivity contribution in [3.05, 3.63) is 24.2 Å². The summed E-state index contributed by atoms with van der Waals surface area (Å²) < 4.78 is 42.2. The third-order valence-corrected chi connectivity index (χ3v) is 3.00. The summed E-state index contributed by atoms with van der Waals surface area (Å²) in [5.74, 6) is -2.36. The molecule has 112 valence electrons. The van der Waals surface area contributed by atoms with Gasteiger partial charge in [-0.2, -0.15) is 13.2 Å². The van der Waals surface area contributed by atoms with Gasteiger partial charge in [0.15, 0.2) is 0 Å². The lowest BCUT2D eigenvalue weighted by molar-refractivity contribution is -0.161. The lowest BCUT2D eigenvalue weighted by Crippen LogP contribution is -2.39. The van der Waals surface area contributed by atoms with Crippen molar-refractivity contribution in [1.82, 2.24) is 4.90 Å². The van der Waals surface area contributed by atoms with E-state index >= 15 is 0 Å². The molecule has 1 aromatic heterocycles. The van der Waals surface area contributed by atoms with Crippen LogP contribution in [0.5, 0.6) is 0 Å². The molecule has 0 aromatic carbocycles. The number of nitrogens with zero attached hydrogens (tertiary/aromatic N) is 1. The molecule has 20 heavy (non-hydrogen) atoms. The summed E-state index contributed by atoms with van der Waals surface area (Å²) >= 11 is 0.748. The minimum absolute atomic E-state index is 0.228. The van der Waals surface area contributed by atoms with Crippen LogP contribution in [0.1, 0.15) is 5.76 Å². The molecule has 0 aliphatic rings. The molecule has 0 aliphatic carbocycles. The zero-order chi connectivity index (χ0) is 15.2. The van der Waals surface area contributed by atoms with Gasteiger partial charge in [-0.25, -0.2) is 0 Å². The average molecular weight is 311 g/mol. The van der Waals surface area contributed by atoms with Gasteiger partial charge in [-0.3, -0.25) is 9.59 Å². The molecule has 0 fully saturated rings. The van der Waals surface area contributed by atoms with Gasteiger partial charge in [-0.1, -0.05) is 0 Å². The Bertz CT molecular complexity index is 447. The number of amides is 1. The molecule has 0 spiro atoms. The first-order valence-corrected chi connectivity index (χ1v) is 6.60. The summed E-state index contributed by atoms with van der Waals surface area (Å²) in [6.07, 6.45) is -3.23. The van der Waals surface area contributed by atoms with Gasteiger partial charge in [-0.15, -0.1) is 11.8 Å². The van der Waals surface area contributed by atoms with E-state index in [4.69, 9.17) is 9.52 Å². The van der Waals surface area contributed by atoms with Crippen molar-refractivity contribution in [3.63, 3.8) is 0 Å². The number of alkyl halides is 3. The van der Waals surface area contributed by atoms with Crippen molar-refractivity contribution < 1.29 is 32.3 Å². The highest BCUT2D eigenvalue weighted by Crippen LogP contribution is 2.19. The molecule has 0 saturated heterocycles. The Morgan fingerprint density at radius 2 is 2.05 bits per heavy atom. The number of rotatable bonds is 7. The summed E-state index contributed by atoms with van der Waals surface area (Å²) in [6, 6.07) is 2.96. The van der Waals surface area contributed by atoms with E-state index in [1.807, 2.05) is 0 Å². The smallest absolute Gasteiger partial charge is 0.406 e. The van der Waals surface area contributed by atoms with Crippen LogP contribution in [0.4, 0.5) is 13.2 Å². The number of hydrogen-bond acceptors (Lipinski definition) is 4. The standard InChI is InChI=1S/C11H12F3NO4S/c12-11(13,14)7-15(4-8-2-1-3-19-8)9(16)5-20-6-10(17)18/h1-3H,4-7H2,(H,17,18). The van der Waals surface area contributed by atoms with E-state index in [0.717, 1.165) is 11.8 Å². The molecule has 1 amide bonds. The molecule has 1 heterocycles. The first-order valence-electron chi connectivity index (χ1n) is 5.44. The minimum atomic E-state index is -4.53. The van der Waals surface area contributed by atoms with Crippen molar-refractivity contribution in [3.8, 4) is 0 Å². The zero-order valence-electron chi connectivity index (χ0n) is 10.2. The van der Waals surface area contributed by atoms with Gasteiger partial charge >= 0.3 is 12.1 Å². The Morgan fingerprint density at radius 3 is 2.55 bits per heavy atom. The fourth-order valence-corrected chi connectivity index (χ4v) is 1.99. The second kappa shape index (κ2) is 7.22. The predicted molar refractivity (Wildman–Crippen MR) is 65.1 cm³/mol. The van der Waals surface area contributed by atoms with Crippen LogP contribution in [0.3, 0.4) is 0 Å². The third kappa shape index (κ3) is 6.50. The maximum Gasteiger partial charge on any atom is 0.406 e. The summed E-state index contributed by atoms with van der Waals surface area (Å²) in [5.41, 5.74) is 0. The Morgan fingerprint density at radius 1 is 1.35 bits per heavy atom. The number of carboxylic acids is 1. The van der Waals surface area contributed by atoms with Crippen LogP contribution in [-0.4, -0.2) is 46.1 Å².